The van der Waals surface area contributed by atoms with E-state index in [0.717, 1.165) is 59.8 Å². The minimum absolute atomic E-state index is 0.00897. The van der Waals surface area contributed by atoms with E-state index in [1.165, 1.54) is 0 Å². The summed E-state index contributed by atoms with van der Waals surface area (Å²) in [6, 6.07) is 0.780. The quantitative estimate of drug-likeness (QED) is 0.653. The van der Waals surface area contributed by atoms with E-state index in [4.69, 9.17) is 15.0 Å². The van der Waals surface area contributed by atoms with Crippen LogP contribution < -0.4 is 10.6 Å². The van der Waals surface area contributed by atoms with Gasteiger partial charge < -0.3 is 10.6 Å². The van der Waals surface area contributed by atoms with Crippen molar-refractivity contribution in [2.24, 2.45) is 5.10 Å². The molecule has 0 spiro atoms. The van der Waals surface area contributed by atoms with Crippen molar-refractivity contribution >= 4 is 39.7 Å². The zero-order valence-electron chi connectivity index (χ0n) is 19.2. The van der Waals surface area contributed by atoms with Crippen LogP contribution in [0.4, 0.5) is 20.5 Å². The Morgan fingerprint density at radius 3 is 2.52 bits per heavy atom. The van der Waals surface area contributed by atoms with Gasteiger partial charge in [0.25, 0.3) is 5.92 Å². The predicted molar refractivity (Wildman–Crippen MR) is 129 cm³/mol. The van der Waals surface area contributed by atoms with Crippen molar-refractivity contribution < 1.29 is 8.78 Å². The van der Waals surface area contributed by atoms with Crippen molar-refractivity contribution in [3.8, 4) is 0 Å². The molecular weight excluding hydrogens is 446 g/mol. The number of hydrogen-bond donors (Lipinski definition) is 2. The lowest BCUT2D eigenvalue weighted by Crippen LogP contribution is -2.47. The van der Waals surface area contributed by atoms with Crippen molar-refractivity contribution in [1.82, 2.24) is 24.9 Å². The van der Waals surface area contributed by atoms with E-state index in [1.807, 2.05) is 18.3 Å². The number of nitrogens with one attached hydrogen (secondary N) is 2. The SMILES string of the molecule is CCc1nc2c(NC3CCC(N4CCC(F)(F)CC4)CC3)nc(NC3C=NN(C)C3)nc2s1. The third-order valence-corrected chi connectivity index (χ3v) is 8.00. The average molecular weight is 479 g/mol. The van der Waals surface area contributed by atoms with Gasteiger partial charge in [-0.05, 0) is 32.1 Å². The van der Waals surface area contributed by atoms with Crippen LogP contribution in [0, 0.1) is 0 Å². The van der Waals surface area contributed by atoms with Crippen LogP contribution in [0.2, 0.25) is 0 Å². The van der Waals surface area contributed by atoms with Crippen molar-refractivity contribution in [2.45, 2.75) is 75.9 Å². The highest BCUT2D eigenvalue weighted by Gasteiger charge is 2.37. The maximum Gasteiger partial charge on any atom is 0.250 e. The van der Waals surface area contributed by atoms with E-state index in [0.29, 0.717) is 31.1 Å². The van der Waals surface area contributed by atoms with E-state index in [9.17, 15) is 8.78 Å². The Morgan fingerprint density at radius 1 is 1.09 bits per heavy atom. The molecule has 0 radical (unpaired) electrons. The first-order chi connectivity index (χ1) is 15.9. The van der Waals surface area contributed by atoms with E-state index in [2.05, 4.69) is 27.6 Å². The van der Waals surface area contributed by atoms with E-state index >= 15 is 0 Å². The van der Waals surface area contributed by atoms with Gasteiger partial charge in [0.05, 0.1) is 17.6 Å². The largest absolute Gasteiger partial charge is 0.365 e. The number of hydrazone groups is 1. The summed E-state index contributed by atoms with van der Waals surface area (Å²) in [6.07, 6.45) is 6.75. The minimum Gasteiger partial charge on any atom is -0.365 e. The molecule has 2 aromatic heterocycles. The fraction of sp³-hybridized carbons (Fsp3) is 0.727. The van der Waals surface area contributed by atoms with Gasteiger partial charge in [-0.1, -0.05) is 18.3 Å². The second-order valence-corrected chi connectivity index (χ2v) is 10.5. The van der Waals surface area contributed by atoms with Crippen LogP contribution in [0.15, 0.2) is 5.10 Å². The summed E-state index contributed by atoms with van der Waals surface area (Å²) in [6.45, 7) is 3.89. The maximum absolute atomic E-state index is 13.5. The Labute approximate surface area is 196 Å². The summed E-state index contributed by atoms with van der Waals surface area (Å²) in [5, 5.41) is 14.2. The topological polar surface area (TPSA) is 81.6 Å². The first-order valence-corrected chi connectivity index (χ1v) is 12.8. The fourth-order valence-electron chi connectivity index (χ4n) is 5.00. The Balaban J connectivity index is 1.26. The molecule has 2 aromatic rings. The van der Waals surface area contributed by atoms with Gasteiger partial charge in [-0.15, -0.1) is 0 Å². The third-order valence-electron chi connectivity index (χ3n) is 6.91. The highest BCUT2D eigenvalue weighted by Crippen LogP contribution is 2.34. The number of aromatic nitrogens is 3. The summed E-state index contributed by atoms with van der Waals surface area (Å²) in [4.78, 5) is 17.4. The summed E-state index contributed by atoms with van der Waals surface area (Å²) in [7, 11) is 1.94. The van der Waals surface area contributed by atoms with Crippen molar-refractivity contribution in [1.29, 1.82) is 0 Å². The number of alkyl halides is 2. The number of likely N-dealkylation sites (N-methyl/N-ethyl adjacent to an activating group) is 1. The standard InChI is InChI=1S/C22H32F2N8S/c1-3-17-28-18-19(29-21(30-20(18)33-17)27-15-12-25-31(2)13-15)26-14-4-6-16(7-5-14)32-10-8-22(23,24)9-11-32/h12,14-16H,3-11,13H2,1-2H3,(H2,26,27,29,30). The molecule has 1 saturated heterocycles. The number of aryl methyl sites for hydroxylation is 1. The molecule has 2 fully saturated rings. The lowest BCUT2D eigenvalue weighted by molar-refractivity contribution is -0.0657. The van der Waals surface area contributed by atoms with Crippen LogP contribution in [0.1, 0.15) is 50.5 Å². The van der Waals surface area contributed by atoms with Crippen LogP contribution >= 0.6 is 11.3 Å². The molecule has 0 bridgehead atoms. The second kappa shape index (κ2) is 9.25. The van der Waals surface area contributed by atoms with Crippen LogP contribution in [0.3, 0.4) is 0 Å². The number of fused-ring (bicyclic) bond motifs is 1. The Hall–Kier alpha value is -2.14. The van der Waals surface area contributed by atoms with Crippen molar-refractivity contribution in [2.75, 3.05) is 37.3 Å². The van der Waals surface area contributed by atoms with Gasteiger partial charge in [-0.25, -0.2) is 18.7 Å². The minimum atomic E-state index is -2.48. The average Bonchev–Trinajstić information content (AvgIpc) is 3.40. The molecule has 33 heavy (non-hydrogen) atoms. The molecule has 0 amide bonds. The number of nitrogens with zero attached hydrogens (tertiary/aromatic N) is 6. The molecule has 1 aliphatic carbocycles. The summed E-state index contributed by atoms with van der Waals surface area (Å²) < 4.78 is 27.0. The number of hydrogen-bond acceptors (Lipinski definition) is 9. The molecule has 5 rings (SSSR count). The van der Waals surface area contributed by atoms with Crippen LogP contribution in [0.5, 0.6) is 0 Å². The summed E-state index contributed by atoms with van der Waals surface area (Å²) in [5.74, 6) is -1.11. The zero-order chi connectivity index (χ0) is 23.0. The normalized spacial score (nSPS) is 27.9. The number of halogens is 2. The summed E-state index contributed by atoms with van der Waals surface area (Å²) >= 11 is 1.61. The number of piperidine rings is 1. The first-order valence-electron chi connectivity index (χ1n) is 12.0. The molecule has 2 N–H and O–H groups in total. The van der Waals surface area contributed by atoms with Crippen molar-refractivity contribution in [3.05, 3.63) is 5.01 Å². The molecule has 8 nitrogen and oxygen atoms in total. The molecule has 11 heteroatoms. The van der Waals surface area contributed by atoms with Gasteiger partial charge in [0.2, 0.25) is 5.95 Å². The lowest BCUT2D eigenvalue weighted by Gasteiger charge is -2.40. The van der Waals surface area contributed by atoms with Gasteiger partial charge in [-0.3, -0.25) is 9.91 Å². The van der Waals surface area contributed by atoms with Gasteiger partial charge >= 0.3 is 0 Å². The lowest BCUT2D eigenvalue weighted by atomic mass is 9.89. The predicted octanol–water partition coefficient (Wildman–Crippen LogP) is 3.81. The molecule has 4 heterocycles. The fourth-order valence-corrected chi connectivity index (χ4v) is 5.87. The zero-order valence-corrected chi connectivity index (χ0v) is 20.0. The Morgan fingerprint density at radius 2 is 1.85 bits per heavy atom. The van der Waals surface area contributed by atoms with Gasteiger partial charge in [0, 0.05) is 51.3 Å². The molecule has 3 aliphatic rings. The second-order valence-electron chi connectivity index (χ2n) is 9.41. The van der Waals surface area contributed by atoms with Gasteiger partial charge in [0.1, 0.15) is 5.52 Å². The van der Waals surface area contributed by atoms with Crippen LogP contribution in [-0.2, 0) is 6.42 Å². The Bertz CT molecular complexity index is 994. The highest BCUT2D eigenvalue weighted by atomic mass is 32.1. The smallest absolute Gasteiger partial charge is 0.250 e. The van der Waals surface area contributed by atoms with Crippen LogP contribution in [0.25, 0.3) is 10.3 Å². The maximum atomic E-state index is 13.5. The molecular formula is C22H32F2N8S. The highest BCUT2D eigenvalue weighted by molar-refractivity contribution is 7.18. The first kappa shape index (κ1) is 22.6. The van der Waals surface area contributed by atoms with Crippen LogP contribution in [-0.4, -0.2) is 81.8 Å². The van der Waals surface area contributed by atoms with Gasteiger partial charge in [-0.2, -0.15) is 10.1 Å². The monoisotopic (exact) mass is 478 g/mol. The molecule has 180 valence electrons. The molecule has 1 saturated carbocycles. The number of likely N-dealkylation sites (tertiary alicyclic amines) is 1. The van der Waals surface area contributed by atoms with E-state index in [-0.39, 0.29) is 18.9 Å². The number of anilines is 2. The molecule has 1 unspecified atom stereocenters. The van der Waals surface area contributed by atoms with E-state index in [1.54, 1.807) is 11.3 Å². The number of thiazole rings is 1. The summed E-state index contributed by atoms with van der Waals surface area (Å²) in [5.41, 5.74) is 0.833. The molecule has 2 aliphatic heterocycles. The molecule has 0 aromatic carbocycles. The molecule has 1 atom stereocenters. The van der Waals surface area contributed by atoms with Crippen molar-refractivity contribution in [3.63, 3.8) is 0 Å². The Kier molecular flexibility index (Phi) is 6.34. The van der Waals surface area contributed by atoms with E-state index < -0.39 is 5.92 Å². The number of rotatable bonds is 6. The third kappa shape index (κ3) is 5.18. The van der Waals surface area contributed by atoms with Gasteiger partial charge in [0.15, 0.2) is 10.6 Å².